The van der Waals surface area contributed by atoms with Crippen molar-refractivity contribution in [1.82, 2.24) is 14.7 Å². The van der Waals surface area contributed by atoms with Crippen LogP contribution in [0.3, 0.4) is 0 Å². The minimum Gasteiger partial charge on any atom is -0.394 e. The largest absolute Gasteiger partial charge is 0.394 e. The number of hydrogen-bond donors (Lipinski definition) is 1. The first-order valence-electron chi connectivity index (χ1n) is 8.22. The summed E-state index contributed by atoms with van der Waals surface area (Å²) in [4.78, 5) is 14.4. The van der Waals surface area contributed by atoms with Crippen LogP contribution in [0.4, 0.5) is 4.39 Å². The molecule has 1 aromatic carbocycles. The average Bonchev–Trinajstić information content (AvgIpc) is 3.15. The van der Waals surface area contributed by atoms with Gasteiger partial charge < -0.3 is 10.0 Å². The van der Waals surface area contributed by atoms with E-state index in [2.05, 4.69) is 5.10 Å². The third-order valence-electron chi connectivity index (χ3n) is 4.75. The molecule has 1 aliphatic rings. The van der Waals surface area contributed by atoms with Crippen LogP contribution in [0, 0.1) is 19.7 Å². The van der Waals surface area contributed by atoms with Crippen LogP contribution in [0.2, 0.25) is 0 Å². The molecule has 0 radical (unpaired) electrons. The third kappa shape index (κ3) is 3.06. The van der Waals surface area contributed by atoms with Crippen molar-refractivity contribution < 1.29 is 14.3 Å². The second-order valence-electron chi connectivity index (χ2n) is 6.28. The molecule has 1 fully saturated rings. The van der Waals surface area contributed by atoms with Crippen molar-refractivity contribution in [3.63, 3.8) is 0 Å². The summed E-state index contributed by atoms with van der Waals surface area (Å²) in [7, 11) is 0. The van der Waals surface area contributed by atoms with E-state index in [1.807, 2.05) is 13.8 Å². The highest BCUT2D eigenvalue weighted by Gasteiger charge is 2.29. The Morgan fingerprint density at radius 1 is 1.33 bits per heavy atom. The minimum absolute atomic E-state index is 0.0124. The number of aliphatic hydroxyl groups excluding tert-OH is 1. The van der Waals surface area contributed by atoms with Crippen molar-refractivity contribution in [3.05, 3.63) is 47.0 Å². The minimum atomic E-state index is -0.292. The van der Waals surface area contributed by atoms with E-state index >= 15 is 0 Å². The highest BCUT2D eigenvalue weighted by atomic mass is 19.1. The molecule has 1 saturated heterocycles. The lowest BCUT2D eigenvalue weighted by Crippen LogP contribution is -2.38. The highest BCUT2D eigenvalue weighted by Crippen LogP contribution is 2.22. The molecule has 1 amide bonds. The topological polar surface area (TPSA) is 58.4 Å². The molecular formula is C18H22FN3O2. The summed E-state index contributed by atoms with van der Waals surface area (Å²) in [5.41, 5.74) is 3.34. The normalized spacial score (nSPS) is 17.5. The number of benzene rings is 1. The lowest BCUT2D eigenvalue weighted by molar-refractivity contribution is -0.132. The molecule has 0 unspecified atom stereocenters. The van der Waals surface area contributed by atoms with Crippen LogP contribution in [-0.4, -0.2) is 44.9 Å². The summed E-state index contributed by atoms with van der Waals surface area (Å²) >= 11 is 0. The molecule has 3 rings (SSSR count). The number of aromatic nitrogens is 2. The Labute approximate surface area is 140 Å². The Balaban J connectivity index is 1.84. The summed E-state index contributed by atoms with van der Waals surface area (Å²) in [6.45, 7) is 4.51. The second kappa shape index (κ2) is 6.73. The standard InChI is InChI=1S/C18H22FN3O2/c1-12-17(10-18(24)21-9-3-4-16(21)11-23)13(2)22(20-12)15-7-5-14(19)6-8-15/h5-8,16,23H,3-4,9-11H2,1-2H3/t16-/m1/s1. The summed E-state index contributed by atoms with van der Waals surface area (Å²) in [6, 6.07) is 6.07. The van der Waals surface area contributed by atoms with Crippen molar-refractivity contribution in [2.24, 2.45) is 0 Å². The quantitative estimate of drug-likeness (QED) is 0.934. The van der Waals surface area contributed by atoms with Crippen LogP contribution in [0.5, 0.6) is 0 Å². The molecule has 6 heteroatoms. The fourth-order valence-corrected chi connectivity index (χ4v) is 3.37. The lowest BCUT2D eigenvalue weighted by Gasteiger charge is -2.23. The van der Waals surface area contributed by atoms with Crippen molar-refractivity contribution in [2.75, 3.05) is 13.2 Å². The van der Waals surface area contributed by atoms with Gasteiger partial charge in [-0.05, 0) is 51.0 Å². The molecule has 2 aromatic rings. The number of amides is 1. The maximum atomic E-state index is 13.1. The average molecular weight is 331 g/mol. The van der Waals surface area contributed by atoms with Crippen LogP contribution < -0.4 is 0 Å². The Bertz CT molecular complexity index is 739. The first-order valence-corrected chi connectivity index (χ1v) is 8.22. The zero-order chi connectivity index (χ0) is 17.3. The van der Waals surface area contributed by atoms with Gasteiger partial charge in [0.25, 0.3) is 0 Å². The molecule has 0 saturated carbocycles. The number of carbonyl (C=O) groups is 1. The summed E-state index contributed by atoms with van der Waals surface area (Å²) in [5.74, 6) is -0.267. The second-order valence-corrected chi connectivity index (χ2v) is 6.28. The van der Waals surface area contributed by atoms with Crippen LogP contribution in [0.1, 0.15) is 29.8 Å². The predicted octanol–water partition coefficient (Wildman–Crippen LogP) is 2.15. The Morgan fingerprint density at radius 2 is 2.04 bits per heavy atom. The van der Waals surface area contributed by atoms with Gasteiger partial charge in [0.1, 0.15) is 5.82 Å². The van der Waals surface area contributed by atoms with Gasteiger partial charge in [-0.2, -0.15) is 5.10 Å². The van der Waals surface area contributed by atoms with Gasteiger partial charge in [0, 0.05) is 17.8 Å². The molecule has 1 N–H and O–H groups in total. The smallest absolute Gasteiger partial charge is 0.227 e. The summed E-state index contributed by atoms with van der Waals surface area (Å²) in [5, 5.41) is 13.9. The molecular weight excluding hydrogens is 309 g/mol. The van der Waals surface area contributed by atoms with Gasteiger partial charge in [0.15, 0.2) is 0 Å². The van der Waals surface area contributed by atoms with Crippen molar-refractivity contribution >= 4 is 5.91 Å². The van der Waals surface area contributed by atoms with Crippen LogP contribution in [0.15, 0.2) is 24.3 Å². The maximum Gasteiger partial charge on any atom is 0.227 e. The SMILES string of the molecule is Cc1nn(-c2ccc(F)cc2)c(C)c1CC(=O)N1CCC[C@@H]1CO. The number of halogens is 1. The number of aliphatic hydroxyl groups is 1. The van der Waals surface area contributed by atoms with E-state index in [1.165, 1.54) is 12.1 Å². The van der Waals surface area contributed by atoms with Gasteiger partial charge in [-0.25, -0.2) is 9.07 Å². The van der Waals surface area contributed by atoms with E-state index in [1.54, 1.807) is 21.7 Å². The van der Waals surface area contributed by atoms with Gasteiger partial charge in [-0.15, -0.1) is 0 Å². The van der Waals surface area contributed by atoms with E-state index < -0.39 is 0 Å². The van der Waals surface area contributed by atoms with E-state index in [9.17, 15) is 14.3 Å². The predicted molar refractivity (Wildman–Crippen MR) is 88.5 cm³/mol. The van der Waals surface area contributed by atoms with Crippen LogP contribution in [0.25, 0.3) is 5.69 Å². The van der Waals surface area contributed by atoms with E-state index in [0.717, 1.165) is 35.5 Å². The van der Waals surface area contributed by atoms with E-state index in [4.69, 9.17) is 0 Å². The highest BCUT2D eigenvalue weighted by molar-refractivity contribution is 5.80. The van der Waals surface area contributed by atoms with E-state index in [-0.39, 0.29) is 30.8 Å². The Kier molecular flexibility index (Phi) is 4.66. The van der Waals surface area contributed by atoms with Crippen molar-refractivity contribution in [2.45, 2.75) is 39.2 Å². The molecule has 0 aliphatic carbocycles. The molecule has 24 heavy (non-hydrogen) atoms. The summed E-state index contributed by atoms with van der Waals surface area (Å²) < 4.78 is 14.8. The van der Waals surface area contributed by atoms with Gasteiger partial charge in [-0.3, -0.25) is 4.79 Å². The summed E-state index contributed by atoms with van der Waals surface area (Å²) in [6.07, 6.45) is 2.06. The first-order chi connectivity index (χ1) is 11.5. The monoisotopic (exact) mass is 331 g/mol. The number of carbonyl (C=O) groups excluding carboxylic acids is 1. The number of hydrogen-bond acceptors (Lipinski definition) is 3. The lowest BCUT2D eigenvalue weighted by atomic mass is 10.1. The molecule has 1 aromatic heterocycles. The third-order valence-corrected chi connectivity index (χ3v) is 4.75. The molecule has 1 atom stereocenters. The van der Waals surface area contributed by atoms with Gasteiger partial charge in [0.05, 0.1) is 30.5 Å². The fourth-order valence-electron chi connectivity index (χ4n) is 3.37. The zero-order valence-corrected chi connectivity index (χ0v) is 14.0. The maximum absolute atomic E-state index is 13.1. The van der Waals surface area contributed by atoms with Crippen molar-refractivity contribution in [3.8, 4) is 5.69 Å². The van der Waals surface area contributed by atoms with Crippen molar-refractivity contribution in [1.29, 1.82) is 0 Å². The molecule has 2 heterocycles. The first kappa shape index (κ1) is 16.6. The van der Waals surface area contributed by atoms with Gasteiger partial charge >= 0.3 is 0 Å². The van der Waals surface area contributed by atoms with E-state index in [0.29, 0.717) is 6.54 Å². The molecule has 5 nitrogen and oxygen atoms in total. The molecule has 1 aliphatic heterocycles. The van der Waals surface area contributed by atoms with Crippen LogP contribution >= 0.6 is 0 Å². The Morgan fingerprint density at radius 3 is 2.71 bits per heavy atom. The molecule has 128 valence electrons. The van der Waals surface area contributed by atoms with Gasteiger partial charge in [0.2, 0.25) is 5.91 Å². The Hall–Kier alpha value is -2.21. The zero-order valence-electron chi connectivity index (χ0n) is 14.0. The number of aryl methyl sites for hydroxylation is 1. The number of rotatable bonds is 4. The number of likely N-dealkylation sites (tertiary alicyclic amines) is 1. The fraction of sp³-hybridized carbons (Fsp3) is 0.444. The van der Waals surface area contributed by atoms with Gasteiger partial charge in [-0.1, -0.05) is 0 Å². The number of nitrogens with zero attached hydrogens (tertiary/aromatic N) is 3. The molecule has 0 bridgehead atoms. The molecule has 0 spiro atoms. The van der Waals surface area contributed by atoms with Crippen LogP contribution in [-0.2, 0) is 11.2 Å².